The molecule has 0 aliphatic heterocycles. The molecule has 6 nitrogen and oxygen atoms in total. The summed E-state index contributed by atoms with van der Waals surface area (Å²) in [6, 6.07) is 21.3. The Labute approximate surface area is 206 Å². The van der Waals surface area contributed by atoms with Gasteiger partial charge < -0.3 is 10.1 Å². The molecule has 9 heteroatoms. The number of carbonyl (C=O) groups is 1. The fourth-order valence-corrected chi connectivity index (χ4v) is 5.05. The highest BCUT2D eigenvalue weighted by Gasteiger charge is 2.20. The summed E-state index contributed by atoms with van der Waals surface area (Å²) < 4.78 is 7.23. The molecule has 0 fully saturated rings. The first kappa shape index (κ1) is 23.5. The normalized spacial score (nSPS) is 11.9. The van der Waals surface area contributed by atoms with Gasteiger partial charge in [-0.25, -0.2) is 0 Å². The number of methoxy groups -OCH3 is 1. The van der Waals surface area contributed by atoms with E-state index in [1.54, 1.807) is 18.4 Å². The average Bonchev–Trinajstić information content (AvgIpc) is 3.51. The highest BCUT2D eigenvalue weighted by atomic mass is 35.5. The Kier molecular flexibility index (Phi) is 8.17. The van der Waals surface area contributed by atoms with Crippen molar-refractivity contribution in [3.05, 3.63) is 87.6 Å². The molecule has 0 aliphatic carbocycles. The third-order valence-electron chi connectivity index (χ3n) is 4.94. The zero-order valence-corrected chi connectivity index (χ0v) is 20.4. The quantitative estimate of drug-likeness (QED) is 0.300. The van der Waals surface area contributed by atoms with Crippen molar-refractivity contribution in [3.8, 4) is 11.4 Å². The number of rotatable bonds is 10. The number of ether oxygens (including phenoxy) is 1. The van der Waals surface area contributed by atoms with Crippen LogP contribution in [0.15, 0.2) is 77.3 Å². The van der Waals surface area contributed by atoms with Gasteiger partial charge >= 0.3 is 0 Å². The molecule has 1 N–H and O–H groups in total. The molecule has 4 aromatic rings. The molecule has 1 amide bonds. The van der Waals surface area contributed by atoms with Crippen LogP contribution >= 0.6 is 34.7 Å². The van der Waals surface area contributed by atoms with Gasteiger partial charge in [0.25, 0.3) is 0 Å². The van der Waals surface area contributed by atoms with Gasteiger partial charge in [-0.2, -0.15) is 0 Å². The van der Waals surface area contributed by atoms with Crippen LogP contribution in [0.25, 0.3) is 11.4 Å². The first-order valence-electron chi connectivity index (χ1n) is 10.3. The predicted octanol–water partition coefficient (Wildman–Crippen LogP) is 5.30. The Morgan fingerprint density at radius 1 is 1.12 bits per heavy atom. The summed E-state index contributed by atoms with van der Waals surface area (Å²) in [5, 5.41) is 15.2. The van der Waals surface area contributed by atoms with Crippen LogP contribution in [0, 0.1) is 0 Å². The number of nitrogens with zero attached hydrogens (tertiary/aromatic N) is 3. The summed E-state index contributed by atoms with van der Waals surface area (Å²) >= 11 is 9.01. The lowest BCUT2D eigenvalue weighted by molar-refractivity contribution is -0.119. The molecule has 2 heterocycles. The molecule has 2 aromatic heterocycles. The summed E-state index contributed by atoms with van der Waals surface area (Å²) in [5.74, 6) is 0.865. The fourth-order valence-electron chi connectivity index (χ4n) is 3.34. The van der Waals surface area contributed by atoms with Gasteiger partial charge in [0.05, 0.1) is 24.9 Å². The SMILES string of the molecule is COCCn1c(SCC(=O)NC(c2ccccc2)c2cccs2)nnc1-c1ccc(Cl)cc1. The van der Waals surface area contributed by atoms with Gasteiger partial charge in [-0.15, -0.1) is 21.5 Å². The molecular weight excluding hydrogens is 476 g/mol. The highest BCUT2D eigenvalue weighted by molar-refractivity contribution is 7.99. The van der Waals surface area contributed by atoms with Crippen molar-refractivity contribution in [2.45, 2.75) is 17.7 Å². The van der Waals surface area contributed by atoms with Crippen LogP contribution in [0.2, 0.25) is 5.02 Å². The van der Waals surface area contributed by atoms with Crippen LogP contribution in [-0.4, -0.2) is 40.1 Å². The summed E-state index contributed by atoms with van der Waals surface area (Å²) in [5.41, 5.74) is 1.95. The number of nitrogens with one attached hydrogen (secondary N) is 1. The van der Waals surface area contributed by atoms with Gasteiger partial charge in [0.2, 0.25) is 5.91 Å². The maximum absolute atomic E-state index is 12.9. The number of amides is 1. The lowest BCUT2D eigenvalue weighted by atomic mass is 10.1. The number of aromatic nitrogens is 3. The van der Waals surface area contributed by atoms with E-state index in [2.05, 4.69) is 15.5 Å². The van der Waals surface area contributed by atoms with E-state index in [9.17, 15) is 4.79 Å². The molecule has 0 saturated heterocycles. The van der Waals surface area contributed by atoms with Crippen LogP contribution in [0.3, 0.4) is 0 Å². The maximum Gasteiger partial charge on any atom is 0.231 e. The summed E-state index contributed by atoms with van der Waals surface area (Å²) in [6.45, 7) is 1.08. The molecule has 2 aromatic carbocycles. The van der Waals surface area contributed by atoms with Crippen LogP contribution < -0.4 is 5.32 Å². The molecule has 1 unspecified atom stereocenters. The molecule has 0 radical (unpaired) electrons. The molecule has 170 valence electrons. The molecule has 0 aliphatic rings. The average molecular weight is 499 g/mol. The van der Waals surface area contributed by atoms with E-state index in [1.165, 1.54) is 11.8 Å². The van der Waals surface area contributed by atoms with E-state index in [1.807, 2.05) is 76.7 Å². The zero-order valence-electron chi connectivity index (χ0n) is 18.0. The Morgan fingerprint density at radius 3 is 2.61 bits per heavy atom. The number of thioether (sulfide) groups is 1. The monoisotopic (exact) mass is 498 g/mol. The largest absolute Gasteiger partial charge is 0.383 e. The predicted molar refractivity (Wildman–Crippen MR) is 134 cm³/mol. The second kappa shape index (κ2) is 11.5. The van der Waals surface area contributed by atoms with Crippen molar-refractivity contribution >= 4 is 40.6 Å². The Balaban J connectivity index is 1.48. The Hall–Kier alpha value is -2.65. The first-order chi connectivity index (χ1) is 16.2. The van der Waals surface area contributed by atoms with Crippen molar-refractivity contribution in [2.24, 2.45) is 0 Å². The van der Waals surface area contributed by atoms with Gasteiger partial charge in [-0.05, 0) is 41.3 Å². The zero-order chi connectivity index (χ0) is 23.0. The summed E-state index contributed by atoms with van der Waals surface area (Å²) in [4.78, 5) is 14.0. The number of hydrogen-bond acceptors (Lipinski definition) is 6. The molecule has 0 bridgehead atoms. The third-order valence-corrected chi connectivity index (χ3v) is 7.09. The summed E-state index contributed by atoms with van der Waals surface area (Å²) in [6.07, 6.45) is 0. The second-order valence-electron chi connectivity index (χ2n) is 7.17. The third kappa shape index (κ3) is 6.03. The van der Waals surface area contributed by atoms with Gasteiger partial charge in [0.1, 0.15) is 0 Å². The van der Waals surface area contributed by atoms with E-state index in [0.29, 0.717) is 29.2 Å². The van der Waals surface area contributed by atoms with E-state index >= 15 is 0 Å². The highest BCUT2D eigenvalue weighted by Crippen LogP contribution is 2.28. The van der Waals surface area contributed by atoms with Gasteiger partial charge in [0, 0.05) is 22.6 Å². The fraction of sp³-hybridized carbons (Fsp3) is 0.208. The molecule has 0 saturated carbocycles. The molecule has 4 rings (SSSR count). The topological polar surface area (TPSA) is 69.0 Å². The molecule has 33 heavy (non-hydrogen) atoms. The van der Waals surface area contributed by atoms with Crippen molar-refractivity contribution in [3.63, 3.8) is 0 Å². The minimum atomic E-state index is -0.185. The van der Waals surface area contributed by atoms with Crippen LogP contribution in [0.1, 0.15) is 16.5 Å². The van der Waals surface area contributed by atoms with Crippen molar-refractivity contribution in [2.75, 3.05) is 19.5 Å². The lowest BCUT2D eigenvalue weighted by Crippen LogP contribution is -2.30. The maximum atomic E-state index is 12.9. The number of thiophene rings is 1. The van der Waals surface area contributed by atoms with E-state index < -0.39 is 0 Å². The van der Waals surface area contributed by atoms with E-state index in [0.717, 1.165) is 16.0 Å². The van der Waals surface area contributed by atoms with Crippen molar-refractivity contribution in [1.29, 1.82) is 0 Å². The van der Waals surface area contributed by atoms with E-state index in [-0.39, 0.29) is 17.7 Å². The Bertz CT molecular complexity index is 1170. The Morgan fingerprint density at radius 2 is 1.91 bits per heavy atom. The van der Waals surface area contributed by atoms with Gasteiger partial charge in [-0.3, -0.25) is 9.36 Å². The first-order valence-corrected chi connectivity index (χ1v) is 12.6. The van der Waals surface area contributed by atoms with Crippen LogP contribution in [-0.2, 0) is 16.1 Å². The second-order valence-corrected chi connectivity index (χ2v) is 9.53. The standard InChI is InChI=1S/C24H23ClN4O2S2/c1-31-14-13-29-23(18-9-11-19(25)12-10-18)27-28-24(29)33-16-21(30)26-22(20-8-5-15-32-20)17-6-3-2-4-7-17/h2-12,15,22H,13-14,16H2,1H3,(H,26,30). The number of halogens is 1. The van der Waals surface area contributed by atoms with Crippen molar-refractivity contribution in [1.82, 2.24) is 20.1 Å². The van der Waals surface area contributed by atoms with E-state index in [4.69, 9.17) is 16.3 Å². The molecular formula is C24H23ClN4O2S2. The number of carbonyl (C=O) groups excluding carboxylic acids is 1. The molecule has 0 spiro atoms. The van der Waals surface area contributed by atoms with Crippen molar-refractivity contribution < 1.29 is 9.53 Å². The lowest BCUT2D eigenvalue weighted by Gasteiger charge is -2.18. The van der Waals surface area contributed by atoms with Crippen LogP contribution in [0.5, 0.6) is 0 Å². The minimum absolute atomic E-state index is 0.0726. The van der Waals surface area contributed by atoms with Gasteiger partial charge in [-0.1, -0.05) is 59.8 Å². The van der Waals surface area contributed by atoms with Crippen LogP contribution in [0.4, 0.5) is 0 Å². The molecule has 1 atom stereocenters. The summed E-state index contributed by atoms with van der Waals surface area (Å²) in [7, 11) is 1.65. The minimum Gasteiger partial charge on any atom is -0.383 e. The smallest absolute Gasteiger partial charge is 0.231 e. The number of benzene rings is 2. The number of hydrogen-bond donors (Lipinski definition) is 1. The van der Waals surface area contributed by atoms with Gasteiger partial charge in [0.15, 0.2) is 11.0 Å².